The predicted molar refractivity (Wildman–Crippen MR) is 67.8 cm³/mol. The van der Waals surface area contributed by atoms with Crippen LogP contribution in [0.15, 0.2) is 29.2 Å². The van der Waals surface area contributed by atoms with Gasteiger partial charge in [-0.25, -0.2) is 8.42 Å². The Morgan fingerprint density at radius 3 is 2.44 bits per heavy atom. The number of alkyl halides is 2. The number of unbranched alkanes of at least 4 members (excludes halogenated alkanes) is 1. The molecular formula is C12H17F2NO2S. The van der Waals surface area contributed by atoms with E-state index in [1.807, 2.05) is 6.92 Å². The van der Waals surface area contributed by atoms with Crippen molar-refractivity contribution in [2.24, 2.45) is 0 Å². The second-order valence-electron chi connectivity index (χ2n) is 4.05. The molecule has 0 radical (unpaired) electrons. The van der Waals surface area contributed by atoms with Gasteiger partial charge < -0.3 is 4.90 Å². The lowest BCUT2D eigenvalue weighted by atomic mass is 10.2. The molecule has 0 N–H and O–H groups in total. The molecule has 6 heteroatoms. The molecule has 0 saturated carbocycles. The number of para-hydroxylation sites is 1. The maximum Gasteiger partial charge on any atom is 0.341 e. The highest BCUT2D eigenvalue weighted by atomic mass is 32.2. The molecule has 0 aliphatic rings. The van der Waals surface area contributed by atoms with Crippen molar-refractivity contribution in [1.82, 2.24) is 0 Å². The van der Waals surface area contributed by atoms with Crippen molar-refractivity contribution in [3.8, 4) is 0 Å². The fraction of sp³-hybridized carbons (Fsp3) is 0.500. The second kappa shape index (κ2) is 6.13. The number of benzene rings is 1. The smallest absolute Gasteiger partial charge is 0.341 e. The standard InChI is InChI=1S/C12H17F2NO2S/c1-3-4-9-15(2)10-7-5-6-8-11(10)18(16,17)12(13)14/h5-8,12H,3-4,9H2,1-2H3. The third kappa shape index (κ3) is 3.19. The minimum absolute atomic E-state index is 0.307. The summed E-state index contributed by atoms with van der Waals surface area (Å²) in [4.78, 5) is 1.39. The topological polar surface area (TPSA) is 37.4 Å². The summed E-state index contributed by atoms with van der Waals surface area (Å²) in [6.07, 6.45) is 1.83. The quantitative estimate of drug-likeness (QED) is 0.802. The zero-order valence-electron chi connectivity index (χ0n) is 10.4. The normalized spacial score (nSPS) is 11.8. The number of sulfone groups is 1. The second-order valence-corrected chi connectivity index (χ2v) is 5.93. The van der Waals surface area contributed by atoms with Crippen LogP contribution in [-0.2, 0) is 9.84 Å². The van der Waals surface area contributed by atoms with Crippen molar-refractivity contribution >= 4 is 15.5 Å². The van der Waals surface area contributed by atoms with Crippen molar-refractivity contribution in [1.29, 1.82) is 0 Å². The molecule has 0 amide bonds. The van der Waals surface area contributed by atoms with Gasteiger partial charge in [-0.05, 0) is 18.6 Å². The van der Waals surface area contributed by atoms with Crippen molar-refractivity contribution in [2.75, 3.05) is 18.5 Å². The van der Waals surface area contributed by atoms with Crippen LogP contribution < -0.4 is 4.90 Å². The highest BCUT2D eigenvalue weighted by Gasteiger charge is 2.29. The fourth-order valence-corrected chi connectivity index (χ4v) is 2.60. The molecule has 102 valence electrons. The van der Waals surface area contributed by atoms with Crippen LogP contribution in [0.25, 0.3) is 0 Å². The minimum atomic E-state index is -4.55. The SMILES string of the molecule is CCCCN(C)c1ccccc1S(=O)(=O)C(F)F. The summed E-state index contributed by atoms with van der Waals surface area (Å²) in [6, 6.07) is 5.86. The van der Waals surface area contributed by atoms with Crippen LogP contribution in [0.5, 0.6) is 0 Å². The number of nitrogens with zero attached hydrogens (tertiary/aromatic N) is 1. The van der Waals surface area contributed by atoms with Crippen molar-refractivity contribution in [3.63, 3.8) is 0 Å². The third-order valence-electron chi connectivity index (χ3n) is 2.66. The molecule has 1 aromatic carbocycles. The maximum atomic E-state index is 12.6. The van der Waals surface area contributed by atoms with Gasteiger partial charge in [0, 0.05) is 13.6 Å². The van der Waals surface area contributed by atoms with Crippen LogP contribution in [-0.4, -0.2) is 27.8 Å². The molecule has 0 fully saturated rings. The Labute approximate surface area is 106 Å². The van der Waals surface area contributed by atoms with Crippen molar-refractivity contribution in [2.45, 2.75) is 30.4 Å². The van der Waals surface area contributed by atoms with Gasteiger partial charge in [-0.1, -0.05) is 25.5 Å². The highest BCUT2D eigenvalue weighted by molar-refractivity contribution is 7.91. The Balaban J connectivity index is 3.15. The average Bonchev–Trinajstić information content (AvgIpc) is 2.35. The number of hydrogen-bond donors (Lipinski definition) is 0. The maximum absolute atomic E-state index is 12.6. The summed E-state index contributed by atoms with van der Waals surface area (Å²) < 4.78 is 48.3. The number of halogens is 2. The van der Waals surface area contributed by atoms with Gasteiger partial charge in [-0.15, -0.1) is 0 Å². The van der Waals surface area contributed by atoms with Crippen LogP contribution in [0.1, 0.15) is 19.8 Å². The largest absolute Gasteiger partial charge is 0.374 e. The lowest BCUT2D eigenvalue weighted by molar-refractivity contribution is 0.235. The van der Waals surface area contributed by atoms with E-state index in [9.17, 15) is 17.2 Å². The van der Waals surface area contributed by atoms with E-state index in [2.05, 4.69) is 0 Å². The Hall–Kier alpha value is -1.17. The molecule has 0 bridgehead atoms. The van der Waals surface area contributed by atoms with Crippen LogP contribution in [0.2, 0.25) is 0 Å². The van der Waals surface area contributed by atoms with E-state index in [1.165, 1.54) is 12.1 Å². The Morgan fingerprint density at radius 2 is 1.89 bits per heavy atom. The zero-order valence-corrected chi connectivity index (χ0v) is 11.3. The van der Waals surface area contributed by atoms with E-state index < -0.39 is 15.6 Å². The number of anilines is 1. The van der Waals surface area contributed by atoms with Crippen LogP contribution >= 0.6 is 0 Å². The first kappa shape index (κ1) is 14.9. The molecule has 0 heterocycles. The molecule has 0 aromatic heterocycles. The molecule has 0 unspecified atom stereocenters. The summed E-state index contributed by atoms with van der Waals surface area (Å²) in [6.45, 7) is 2.64. The van der Waals surface area contributed by atoms with Crippen molar-refractivity contribution < 1.29 is 17.2 Å². The molecule has 18 heavy (non-hydrogen) atoms. The predicted octanol–water partition coefficient (Wildman–Crippen LogP) is 2.92. The monoisotopic (exact) mass is 277 g/mol. The third-order valence-corrected chi connectivity index (χ3v) is 4.09. The highest BCUT2D eigenvalue weighted by Crippen LogP contribution is 2.28. The lowest BCUT2D eigenvalue weighted by Gasteiger charge is -2.21. The Kier molecular flexibility index (Phi) is 5.07. The molecule has 0 saturated heterocycles. The van der Waals surface area contributed by atoms with Gasteiger partial charge in [0.1, 0.15) is 0 Å². The fourth-order valence-electron chi connectivity index (χ4n) is 1.62. The van der Waals surface area contributed by atoms with Gasteiger partial charge >= 0.3 is 5.76 Å². The number of rotatable bonds is 6. The van der Waals surface area contributed by atoms with Gasteiger partial charge in [0.05, 0.1) is 10.6 Å². The van der Waals surface area contributed by atoms with Gasteiger partial charge in [0.2, 0.25) is 9.84 Å². The summed E-state index contributed by atoms with van der Waals surface area (Å²) in [5, 5.41) is 0. The van der Waals surface area contributed by atoms with E-state index >= 15 is 0 Å². The first-order chi connectivity index (χ1) is 8.41. The lowest BCUT2D eigenvalue weighted by Crippen LogP contribution is -2.22. The molecule has 1 aromatic rings. The van der Waals surface area contributed by atoms with E-state index in [4.69, 9.17) is 0 Å². The summed E-state index contributed by atoms with van der Waals surface area (Å²) in [5.41, 5.74) is 0.325. The van der Waals surface area contributed by atoms with Gasteiger partial charge in [0.25, 0.3) is 0 Å². The molecular weight excluding hydrogens is 260 g/mol. The molecule has 3 nitrogen and oxygen atoms in total. The van der Waals surface area contributed by atoms with E-state index in [-0.39, 0.29) is 4.90 Å². The first-order valence-electron chi connectivity index (χ1n) is 5.73. The van der Waals surface area contributed by atoms with Gasteiger partial charge in [-0.3, -0.25) is 0 Å². The first-order valence-corrected chi connectivity index (χ1v) is 7.28. The van der Waals surface area contributed by atoms with Crippen LogP contribution in [0.4, 0.5) is 14.5 Å². The van der Waals surface area contributed by atoms with E-state index in [1.54, 1.807) is 24.1 Å². The van der Waals surface area contributed by atoms with E-state index in [0.29, 0.717) is 12.2 Å². The van der Waals surface area contributed by atoms with E-state index in [0.717, 1.165) is 12.8 Å². The summed E-state index contributed by atoms with van der Waals surface area (Å²) in [5.74, 6) is -3.39. The van der Waals surface area contributed by atoms with Crippen LogP contribution in [0, 0.1) is 0 Å². The molecule has 0 atom stereocenters. The molecule has 1 rings (SSSR count). The molecule has 0 aliphatic carbocycles. The molecule has 0 spiro atoms. The summed E-state index contributed by atoms with van der Waals surface area (Å²) >= 11 is 0. The average molecular weight is 277 g/mol. The zero-order chi connectivity index (χ0) is 13.8. The van der Waals surface area contributed by atoms with Gasteiger partial charge in [0.15, 0.2) is 0 Å². The summed E-state index contributed by atoms with van der Waals surface area (Å²) in [7, 11) is -2.85. The number of hydrogen-bond acceptors (Lipinski definition) is 3. The minimum Gasteiger partial charge on any atom is -0.374 e. The van der Waals surface area contributed by atoms with Crippen molar-refractivity contribution in [3.05, 3.63) is 24.3 Å². The molecule has 0 aliphatic heterocycles. The Bertz CT molecular complexity index is 489. The van der Waals surface area contributed by atoms with Gasteiger partial charge in [-0.2, -0.15) is 8.78 Å². The van der Waals surface area contributed by atoms with Crippen LogP contribution in [0.3, 0.4) is 0 Å². The Morgan fingerprint density at radius 1 is 1.28 bits per heavy atom.